The Bertz CT molecular complexity index is 523. The second-order valence-corrected chi connectivity index (χ2v) is 4.44. The summed E-state index contributed by atoms with van der Waals surface area (Å²) in [4.78, 5) is 14.3. The largest absolute Gasteiger partial charge is 0.378 e. The van der Waals surface area contributed by atoms with Gasteiger partial charge >= 0.3 is 0 Å². The lowest BCUT2D eigenvalue weighted by Crippen LogP contribution is -2.40. The van der Waals surface area contributed by atoms with E-state index in [2.05, 4.69) is 11.8 Å². The molecule has 1 heterocycles. The number of aryl methyl sites for hydroxylation is 1. The predicted molar refractivity (Wildman–Crippen MR) is 73.8 cm³/mol. The van der Waals surface area contributed by atoms with E-state index in [0.717, 1.165) is 11.1 Å². The second kappa shape index (κ2) is 6.37. The fraction of sp³-hybridized carbons (Fsp3) is 0.400. The predicted octanol–water partition coefficient (Wildman–Crippen LogP) is 0.778. The quantitative estimate of drug-likeness (QED) is 0.757. The van der Waals surface area contributed by atoms with Crippen molar-refractivity contribution in [2.24, 2.45) is 5.73 Å². The van der Waals surface area contributed by atoms with Gasteiger partial charge in [0.15, 0.2) is 0 Å². The van der Waals surface area contributed by atoms with Crippen LogP contribution in [0.2, 0.25) is 0 Å². The lowest BCUT2D eigenvalue weighted by atomic mass is 10.0. The van der Waals surface area contributed by atoms with Crippen molar-refractivity contribution in [1.82, 2.24) is 4.90 Å². The highest BCUT2D eigenvalue weighted by Crippen LogP contribution is 2.14. The molecule has 1 aromatic rings. The summed E-state index contributed by atoms with van der Waals surface area (Å²) < 4.78 is 5.26. The van der Waals surface area contributed by atoms with Gasteiger partial charge in [-0.25, -0.2) is 0 Å². The minimum absolute atomic E-state index is 0.0530. The van der Waals surface area contributed by atoms with Crippen molar-refractivity contribution < 1.29 is 9.53 Å². The average molecular weight is 258 g/mol. The van der Waals surface area contributed by atoms with Gasteiger partial charge < -0.3 is 15.4 Å². The van der Waals surface area contributed by atoms with Gasteiger partial charge in [0.05, 0.1) is 19.8 Å². The number of nitrogens with two attached hydrogens (primary N) is 1. The SMILES string of the molecule is Cc1ccc(C#CCN)cc1C(=O)N1CCOCC1. The molecule has 2 N–H and O–H groups in total. The summed E-state index contributed by atoms with van der Waals surface area (Å²) in [5, 5.41) is 0. The van der Waals surface area contributed by atoms with Gasteiger partial charge in [-0.1, -0.05) is 17.9 Å². The van der Waals surface area contributed by atoms with Gasteiger partial charge in [-0.3, -0.25) is 4.79 Å². The van der Waals surface area contributed by atoms with Crippen LogP contribution in [0.4, 0.5) is 0 Å². The highest BCUT2D eigenvalue weighted by Gasteiger charge is 2.19. The first-order chi connectivity index (χ1) is 9.22. The van der Waals surface area contributed by atoms with Gasteiger partial charge in [-0.2, -0.15) is 0 Å². The Kier molecular flexibility index (Phi) is 4.56. The summed E-state index contributed by atoms with van der Waals surface area (Å²) >= 11 is 0. The van der Waals surface area contributed by atoms with Crippen LogP contribution >= 0.6 is 0 Å². The van der Waals surface area contributed by atoms with Crippen LogP contribution in [0.25, 0.3) is 0 Å². The van der Waals surface area contributed by atoms with E-state index in [-0.39, 0.29) is 5.91 Å². The summed E-state index contributed by atoms with van der Waals surface area (Å²) in [6, 6.07) is 5.68. The molecule has 0 aromatic heterocycles. The van der Waals surface area contributed by atoms with Gasteiger partial charge in [0.1, 0.15) is 0 Å². The first kappa shape index (κ1) is 13.6. The Balaban J connectivity index is 2.24. The third-order valence-corrected chi connectivity index (χ3v) is 3.10. The fourth-order valence-electron chi connectivity index (χ4n) is 2.02. The van der Waals surface area contributed by atoms with E-state index in [1.807, 2.05) is 30.0 Å². The van der Waals surface area contributed by atoms with Crippen molar-refractivity contribution in [3.05, 3.63) is 34.9 Å². The average Bonchev–Trinajstić information content (AvgIpc) is 2.46. The molecule has 1 aliphatic rings. The number of hydrogen-bond acceptors (Lipinski definition) is 3. The van der Waals surface area contributed by atoms with Crippen LogP contribution in [0, 0.1) is 18.8 Å². The molecule has 2 rings (SSSR count). The van der Waals surface area contributed by atoms with E-state index >= 15 is 0 Å². The first-order valence-electron chi connectivity index (χ1n) is 6.39. The fourth-order valence-corrected chi connectivity index (χ4v) is 2.02. The molecule has 1 saturated heterocycles. The normalized spacial score (nSPS) is 14.7. The minimum Gasteiger partial charge on any atom is -0.378 e. The van der Waals surface area contributed by atoms with Crippen LogP contribution in [-0.2, 0) is 4.74 Å². The maximum absolute atomic E-state index is 12.4. The molecule has 1 amide bonds. The summed E-state index contributed by atoms with van der Waals surface area (Å²) in [6.45, 7) is 4.78. The van der Waals surface area contributed by atoms with Crippen LogP contribution in [0.1, 0.15) is 21.5 Å². The molecule has 0 unspecified atom stereocenters. The minimum atomic E-state index is 0.0530. The van der Waals surface area contributed by atoms with Crippen molar-refractivity contribution in [3.63, 3.8) is 0 Å². The topological polar surface area (TPSA) is 55.6 Å². The van der Waals surface area contributed by atoms with Crippen molar-refractivity contribution in [1.29, 1.82) is 0 Å². The Hall–Kier alpha value is -1.83. The summed E-state index contributed by atoms with van der Waals surface area (Å²) in [5.74, 6) is 5.81. The van der Waals surface area contributed by atoms with Crippen molar-refractivity contribution in [2.45, 2.75) is 6.92 Å². The molecule has 0 saturated carbocycles. The number of amides is 1. The smallest absolute Gasteiger partial charge is 0.254 e. The summed E-state index contributed by atoms with van der Waals surface area (Å²) in [7, 11) is 0. The molecule has 0 radical (unpaired) electrons. The maximum Gasteiger partial charge on any atom is 0.254 e. The van der Waals surface area contributed by atoms with Crippen LogP contribution in [0.5, 0.6) is 0 Å². The number of hydrogen-bond donors (Lipinski definition) is 1. The standard InChI is InChI=1S/C15H18N2O2/c1-12-4-5-13(3-2-6-16)11-14(12)15(18)17-7-9-19-10-8-17/h4-5,11H,6-10,16H2,1H3. The number of ether oxygens (including phenoxy) is 1. The Morgan fingerprint density at radius 3 is 2.84 bits per heavy atom. The number of morpholine rings is 1. The monoisotopic (exact) mass is 258 g/mol. The van der Waals surface area contributed by atoms with Crippen LogP contribution < -0.4 is 5.73 Å². The molecule has 1 aromatic carbocycles. The van der Waals surface area contributed by atoms with Gasteiger partial charge in [0.2, 0.25) is 0 Å². The van der Waals surface area contributed by atoms with Crippen LogP contribution in [0.3, 0.4) is 0 Å². The number of benzene rings is 1. The molecule has 0 atom stereocenters. The molecular formula is C15H18N2O2. The van der Waals surface area contributed by atoms with E-state index in [1.54, 1.807) is 0 Å². The van der Waals surface area contributed by atoms with E-state index in [0.29, 0.717) is 38.4 Å². The molecule has 0 aliphatic carbocycles. The van der Waals surface area contributed by atoms with E-state index < -0.39 is 0 Å². The molecule has 100 valence electrons. The molecule has 0 bridgehead atoms. The van der Waals surface area contributed by atoms with Crippen LogP contribution in [0.15, 0.2) is 18.2 Å². The van der Waals surface area contributed by atoms with Gasteiger partial charge in [0, 0.05) is 24.2 Å². The van der Waals surface area contributed by atoms with Crippen molar-refractivity contribution in [2.75, 3.05) is 32.8 Å². The third-order valence-electron chi connectivity index (χ3n) is 3.10. The summed E-state index contributed by atoms with van der Waals surface area (Å²) in [5.41, 5.74) is 7.87. The number of rotatable bonds is 1. The maximum atomic E-state index is 12.4. The molecule has 4 heteroatoms. The second-order valence-electron chi connectivity index (χ2n) is 4.44. The van der Waals surface area contributed by atoms with E-state index in [4.69, 9.17) is 10.5 Å². The van der Waals surface area contributed by atoms with Crippen molar-refractivity contribution in [3.8, 4) is 11.8 Å². The van der Waals surface area contributed by atoms with Gasteiger partial charge in [-0.05, 0) is 24.6 Å². The molecular weight excluding hydrogens is 240 g/mol. The third kappa shape index (κ3) is 3.34. The van der Waals surface area contributed by atoms with Gasteiger partial charge in [0.25, 0.3) is 5.91 Å². The van der Waals surface area contributed by atoms with Gasteiger partial charge in [-0.15, -0.1) is 0 Å². The highest BCUT2D eigenvalue weighted by molar-refractivity contribution is 5.96. The zero-order valence-electron chi connectivity index (χ0n) is 11.1. The Morgan fingerprint density at radius 1 is 1.42 bits per heavy atom. The molecule has 0 spiro atoms. The van der Waals surface area contributed by atoms with E-state index in [9.17, 15) is 4.79 Å². The molecule has 1 aliphatic heterocycles. The molecule has 4 nitrogen and oxygen atoms in total. The lowest BCUT2D eigenvalue weighted by molar-refractivity contribution is 0.0302. The molecule has 1 fully saturated rings. The molecule has 19 heavy (non-hydrogen) atoms. The number of carbonyl (C=O) groups is 1. The van der Waals surface area contributed by atoms with E-state index in [1.165, 1.54) is 0 Å². The zero-order valence-corrected chi connectivity index (χ0v) is 11.1. The highest BCUT2D eigenvalue weighted by atomic mass is 16.5. The van der Waals surface area contributed by atoms with Crippen LogP contribution in [-0.4, -0.2) is 43.7 Å². The first-order valence-corrected chi connectivity index (χ1v) is 6.39. The zero-order chi connectivity index (χ0) is 13.7. The Morgan fingerprint density at radius 2 is 2.16 bits per heavy atom. The van der Waals surface area contributed by atoms with Crippen molar-refractivity contribution >= 4 is 5.91 Å². The Labute approximate surface area is 113 Å². The number of carbonyl (C=O) groups excluding carboxylic acids is 1. The number of nitrogens with zero attached hydrogens (tertiary/aromatic N) is 1. The summed E-state index contributed by atoms with van der Waals surface area (Å²) in [6.07, 6.45) is 0. The lowest BCUT2D eigenvalue weighted by Gasteiger charge is -2.27.